The van der Waals surface area contributed by atoms with E-state index in [2.05, 4.69) is 16.7 Å². The number of hydrogen-bond acceptors (Lipinski definition) is 3. The number of carboxylic acid groups (broad SMARTS) is 1. The average Bonchev–Trinajstić information content (AvgIpc) is 2.40. The molecule has 1 amide bonds. The molecular formula is C13H25N3O2. The number of piperazine rings is 1. The summed E-state index contributed by atoms with van der Waals surface area (Å²) < 4.78 is 0. The maximum absolute atomic E-state index is 10.8. The van der Waals surface area contributed by atoms with Crippen LogP contribution in [0.5, 0.6) is 0 Å². The van der Waals surface area contributed by atoms with Gasteiger partial charge in [-0.25, -0.2) is 4.79 Å². The van der Waals surface area contributed by atoms with Crippen molar-refractivity contribution in [3.05, 3.63) is 0 Å². The summed E-state index contributed by atoms with van der Waals surface area (Å²) in [4.78, 5) is 17.4. The molecule has 1 N–H and O–H groups in total. The van der Waals surface area contributed by atoms with Crippen LogP contribution >= 0.6 is 0 Å². The van der Waals surface area contributed by atoms with Crippen molar-refractivity contribution in [2.75, 3.05) is 52.4 Å². The van der Waals surface area contributed by atoms with E-state index in [1.165, 1.54) is 26.2 Å². The highest BCUT2D eigenvalue weighted by molar-refractivity contribution is 5.64. The first-order valence-corrected chi connectivity index (χ1v) is 7.11. The Kier molecular flexibility index (Phi) is 4.83. The van der Waals surface area contributed by atoms with Gasteiger partial charge < -0.3 is 19.8 Å². The molecule has 2 rings (SSSR count). The Labute approximate surface area is 109 Å². The van der Waals surface area contributed by atoms with Crippen molar-refractivity contribution in [2.45, 2.75) is 19.8 Å². The number of hydrogen-bond donors (Lipinski definition) is 1. The Hall–Kier alpha value is -0.810. The fraction of sp³-hybridized carbons (Fsp3) is 0.923. The van der Waals surface area contributed by atoms with Gasteiger partial charge in [0.2, 0.25) is 0 Å². The molecule has 5 nitrogen and oxygen atoms in total. The van der Waals surface area contributed by atoms with Gasteiger partial charge in [-0.2, -0.15) is 0 Å². The third-order valence-corrected chi connectivity index (χ3v) is 4.31. The van der Waals surface area contributed by atoms with Crippen LogP contribution in [0.25, 0.3) is 0 Å². The van der Waals surface area contributed by atoms with Gasteiger partial charge in [-0.1, -0.05) is 6.92 Å². The quantitative estimate of drug-likeness (QED) is 0.818. The lowest BCUT2D eigenvalue weighted by Gasteiger charge is -2.38. The van der Waals surface area contributed by atoms with Crippen molar-refractivity contribution in [3.8, 4) is 0 Å². The van der Waals surface area contributed by atoms with Crippen molar-refractivity contribution < 1.29 is 9.90 Å². The molecule has 0 atom stereocenters. The number of nitrogens with zero attached hydrogens (tertiary/aromatic N) is 3. The molecule has 0 aromatic rings. The van der Waals surface area contributed by atoms with Crippen LogP contribution in [0.4, 0.5) is 4.79 Å². The van der Waals surface area contributed by atoms with Crippen LogP contribution in [0.3, 0.4) is 0 Å². The van der Waals surface area contributed by atoms with Crippen molar-refractivity contribution in [2.24, 2.45) is 5.92 Å². The third kappa shape index (κ3) is 3.59. The molecule has 18 heavy (non-hydrogen) atoms. The zero-order valence-electron chi connectivity index (χ0n) is 11.3. The molecule has 2 fully saturated rings. The molecule has 104 valence electrons. The highest BCUT2D eigenvalue weighted by Gasteiger charge is 2.25. The standard InChI is InChI=1S/C13H25N3O2/c1-2-14-7-9-15(10-8-14)11-12-3-5-16(6-4-12)13(17)18/h12H,2-11H2,1H3,(H,17,18). The molecule has 0 aromatic carbocycles. The summed E-state index contributed by atoms with van der Waals surface area (Å²) in [5.41, 5.74) is 0. The molecular weight excluding hydrogens is 230 g/mol. The predicted octanol–water partition coefficient (Wildman–Crippen LogP) is 1.01. The average molecular weight is 255 g/mol. The second-order valence-corrected chi connectivity index (χ2v) is 5.45. The molecule has 2 heterocycles. The second kappa shape index (κ2) is 6.38. The Balaban J connectivity index is 1.67. The number of likely N-dealkylation sites (N-methyl/N-ethyl adjacent to an activating group) is 1. The fourth-order valence-corrected chi connectivity index (χ4v) is 2.96. The summed E-state index contributed by atoms with van der Waals surface area (Å²) in [6, 6.07) is 0. The minimum atomic E-state index is -0.759. The highest BCUT2D eigenvalue weighted by atomic mass is 16.4. The zero-order valence-corrected chi connectivity index (χ0v) is 11.3. The maximum Gasteiger partial charge on any atom is 0.407 e. The highest BCUT2D eigenvalue weighted by Crippen LogP contribution is 2.19. The lowest BCUT2D eigenvalue weighted by molar-refractivity contribution is 0.0916. The van der Waals surface area contributed by atoms with Gasteiger partial charge in [0.25, 0.3) is 0 Å². The van der Waals surface area contributed by atoms with Crippen molar-refractivity contribution in [3.63, 3.8) is 0 Å². The lowest BCUT2D eigenvalue weighted by Crippen LogP contribution is -2.48. The van der Waals surface area contributed by atoms with Gasteiger partial charge in [0.05, 0.1) is 0 Å². The number of amides is 1. The van der Waals surface area contributed by atoms with E-state index in [0.717, 1.165) is 39.0 Å². The molecule has 2 aliphatic rings. The van der Waals surface area contributed by atoms with Crippen LogP contribution in [0.2, 0.25) is 0 Å². The van der Waals surface area contributed by atoms with Crippen molar-refractivity contribution >= 4 is 6.09 Å². The monoisotopic (exact) mass is 255 g/mol. The zero-order chi connectivity index (χ0) is 13.0. The first-order valence-electron chi connectivity index (χ1n) is 7.11. The molecule has 0 aliphatic carbocycles. The Morgan fingerprint density at radius 2 is 1.61 bits per heavy atom. The lowest BCUT2D eigenvalue weighted by atomic mass is 9.96. The largest absolute Gasteiger partial charge is 0.465 e. The van der Waals surface area contributed by atoms with Gasteiger partial charge in [-0.15, -0.1) is 0 Å². The summed E-state index contributed by atoms with van der Waals surface area (Å²) in [6.45, 7) is 10.7. The van der Waals surface area contributed by atoms with Gasteiger partial charge in [0, 0.05) is 45.8 Å². The normalized spacial score (nSPS) is 24.4. The second-order valence-electron chi connectivity index (χ2n) is 5.45. The topological polar surface area (TPSA) is 47.0 Å². The molecule has 0 bridgehead atoms. The van der Waals surface area contributed by atoms with Crippen LogP contribution in [-0.4, -0.2) is 78.3 Å². The van der Waals surface area contributed by atoms with Crippen molar-refractivity contribution in [1.82, 2.24) is 14.7 Å². The summed E-state index contributed by atoms with van der Waals surface area (Å²) in [5.74, 6) is 0.689. The number of piperidine rings is 1. The Bertz CT molecular complexity index is 269. The smallest absolute Gasteiger partial charge is 0.407 e. The van der Waals surface area contributed by atoms with Gasteiger partial charge in [0.1, 0.15) is 0 Å². The molecule has 0 spiro atoms. The molecule has 2 saturated heterocycles. The molecule has 5 heteroatoms. The number of rotatable bonds is 3. The van der Waals surface area contributed by atoms with Gasteiger partial charge in [-0.05, 0) is 25.3 Å². The summed E-state index contributed by atoms with van der Waals surface area (Å²) >= 11 is 0. The van der Waals surface area contributed by atoms with Crippen LogP contribution in [0.15, 0.2) is 0 Å². The summed E-state index contributed by atoms with van der Waals surface area (Å²) in [7, 11) is 0. The van der Waals surface area contributed by atoms with E-state index >= 15 is 0 Å². The minimum absolute atomic E-state index is 0.689. The predicted molar refractivity (Wildman–Crippen MR) is 70.9 cm³/mol. The maximum atomic E-state index is 10.8. The van der Waals surface area contributed by atoms with E-state index in [-0.39, 0.29) is 0 Å². The van der Waals surface area contributed by atoms with E-state index in [9.17, 15) is 4.79 Å². The first kappa shape index (κ1) is 13.6. The Morgan fingerprint density at radius 3 is 2.11 bits per heavy atom. The fourth-order valence-electron chi connectivity index (χ4n) is 2.96. The van der Waals surface area contributed by atoms with Crippen LogP contribution in [-0.2, 0) is 0 Å². The summed E-state index contributed by atoms with van der Waals surface area (Å²) in [5, 5.41) is 8.91. The van der Waals surface area contributed by atoms with Gasteiger partial charge in [-0.3, -0.25) is 0 Å². The number of carbonyl (C=O) groups is 1. The van der Waals surface area contributed by atoms with Crippen LogP contribution < -0.4 is 0 Å². The van der Waals surface area contributed by atoms with E-state index < -0.39 is 6.09 Å². The van der Waals surface area contributed by atoms with E-state index in [4.69, 9.17) is 5.11 Å². The van der Waals surface area contributed by atoms with Gasteiger partial charge >= 0.3 is 6.09 Å². The summed E-state index contributed by atoms with van der Waals surface area (Å²) in [6.07, 6.45) is 1.30. The molecule has 2 aliphatic heterocycles. The molecule has 0 unspecified atom stereocenters. The van der Waals surface area contributed by atoms with E-state index in [0.29, 0.717) is 5.92 Å². The molecule has 0 saturated carbocycles. The van der Waals surface area contributed by atoms with Crippen LogP contribution in [0.1, 0.15) is 19.8 Å². The first-order chi connectivity index (χ1) is 8.69. The van der Waals surface area contributed by atoms with E-state index in [1.54, 1.807) is 4.90 Å². The SMILES string of the molecule is CCN1CCN(CC2CCN(C(=O)O)CC2)CC1. The minimum Gasteiger partial charge on any atom is -0.465 e. The number of likely N-dealkylation sites (tertiary alicyclic amines) is 1. The van der Waals surface area contributed by atoms with Gasteiger partial charge in [0.15, 0.2) is 0 Å². The van der Waals surface area contributed by atoms with Crippen molar-refractivity contribution in [1.29, 1.82) is 0 Å². The third-order valence-electron chi connectivity index (χ3n) is 4.31. The van der Waals surface area contributed by atoms with E-state index in [1.807, 2.05) is 0 Å². The Morgan fingerprint density at radius 1 is 1.06 bits per heavy atom. The molecule has 0 aromatic heterocycles. The van der Waals surface area contributed by atoms with Crippen LogP contribution in [0, 0.1) is 5.92 Å². The molecule has 0 radical (unpaired) electrons.